The molecule has 2 heterocycles. The number of nitrogens with zero attached hydrogens (tertiary/aromatic N) is 2. The number of hydrogen-bond acceptors (Lipinski definition) is 4. The minimum absolute atomic E-state index is 0.460. The number of halogens is 3. The number of carbonyl (C=O) groups is 1. The lowest BCUT2D eigenvalue weighted by atomic mass is 10.3. The Labute approximate surface area is 121 Å². The maximum absolute atomic E-state index is 11.9. The summed E-state index contributed by atoms with van der Waals surface area (Å²) in [4.78, 5) is 27.9. The normalized spacial score (nSPS) is 11.4. The smallest absolute Gasteiger partial charge is 0.345 e. The van der Waals surface area contributed by atoms with E-state index in [0.717, 1.165) is 15.8 Å². The van der Waals surface area contributed by atoms with E-state index in [1.165, 1.54) is 17.4 Å². The van der Waals surface area contributed by atoms with Crippen LogP contribution in [0.5, 0.6) is 0 Å². The van der Waals surface area contributed by atoms with Crippen LogP contribution in [0.3, 0.4) is 0 Å². The minimum Gasteiger partial charge on any atom is -0.345 e. The summed E-state index contributed by atoms with van der Waals surface area (Å²) < 4.78 is 36.8. The lowest BCUT2D eigenvalue weighted by Crippen LogP contribution is -2.37. The Morgan fingerprint density at radius 2 is 2.19 bits per heavy atom. The van der Waals surface area contributed by atoms with E-state index in [-0.39, 0.29) is 0 Å². The Hall–Kier alpha value is -2.16. The zero-order chi connectivity index (χ0) is 15.5. The molecule has 2 aromatic heterocycles. The molecule has 1 N–H and O–H groups in total. The van der Waals surface area contributed by atoms with Crippen LogP contribution in [0.2, 0.25) is 0 Å². The summed E-state index contributed by atoms with van der Waals surface area (Å²) in [6.45, 7) is -1.94. The van der Waals surface area contributed by atoms with E-state index in [9.17, 15) is 22.8 Å². The van der Waals surface area contributed by atoms with E-state index in [2.05, 4.69) is 4.98 Å². The maximum atomic E-state index is 11.9. The van der Waals surface area contributed by atoms with Gasteiger partial charge in [-0.2, -0.15) is 13.2 Å². The van der Waals surface area contributed by atoms with Crippen molar-refractivity contribution in [2.75, 3.05) is 6.54 Å². The van der Waals surface area contributed by atoms with Crippen LogP contribution < -0.4 is 10.9 Å². The number of alkyl halides is 3. The molecule has 0 aromatic carbocycles. The first-order valence-electron chi connectivity index (χ1n) is 5.79. The molecule has 0 aliphatic heterocycles. The predicted octanol–water partition coefficient (Wildman–Crippen LogP) is 1.65. The van der Waals surface area contributed by atoms with E-state index in [1.54, 1.807) is 17.4 Å². The van der Waals surface area contributed by atoms with Gasteiger partial charge >= 0.3 is 6.18 Å². The van der Waals surface area contributed by atoms with Crippen LogP contribution in [-0.2, 0) is 11.3 Å². The number of rotatable bonds is 4. The standard InChI is InChI=1S/C12H10F3N3O2S/c13-12(14,15)6-16-10(19)5-18-7-17-8(4-11(18)20)9-2-1-3-21-9/h1-4,7H,5-6H2,(H,16,19). The molecule has 0 saturated carbocycles. The molecule has 0 spiro atoms. The van der Waals surface area contributed by atoms with Gasteiger partial charge in [0.15, 0.2) is 0 Å². The van der Waals surface area contributed by atoms with Gasteiger partial charge in [-0.15, -0.1) is 11.3 Å². The van der Waals surface area contributed by atoms with Gasteiger partial charge in [0.25, 0.3) is 5.56 Å². The lowest BCUT2D eigenvalue weighted by molar-refractivity contribution is -0.138. The highest BCUT2D eigenvalue weighted by molar-refractivity contribution is 7.13. The molecule has 21 heavy (non-hydrogen) atoms. The van der Waals surface area contributed by atoms with Gasteiger partial charge in [-0.3, -0.25) is 14.2 Å². The van der Waals surface area contributed by atoms with Crippen molar-refractivity contribution in [3.05, 3.63) is 40.3 Å². The molecule has 0 aliphatic rings. The summed E-state index contributed by atoms with van der Waals surface area (Å²) >= 11 is 1.40. The van der Waals surface area contributed by atoms with Crippen molar-refractivity contribution in [3.8, 4) is 10.6 Å². The minimum atomic E-state index is -4.48. The van der Waals surface area contributed by atoms with Gasteiger partial charge in [0.2, 0.25) is 5.91 Å². The van der Waals surface area contributed by atoms with Crippen LogP contribution in [0.15, 0.2) is 34.7 Å². The second kappa shape index (κ2) is 6.08. The SMILES string of the molecule is O=C(Cn1cnc(-c2cccs2)cc1=O)NCC(F)(F)F. The number of amides is 1. The molecule has 0 unspecified atom stereocenters. The molecule has 2 rings (SSSR count). The average molecular weight is 317 g/mol. The lowest BCUT2D eigenvalue weighted by Gasteiger charge is -2.09. The zero-order valence-electron chi connectivity index (χ0n) is 10.6. The molecule has 5 nitrogen and oxygen atoms in total. The molecular weight excluding hydrogens is 307 g/mol. The largest absolute Gasteiger partial charge is 0.405 e. The van der Waals surface area contributed by atoms with Crippen LogP contribution in [0.25, 0.3) is 10.6 Å². The number of carbonyl (C=O) groups excluding carboxylic acids is 1. The van der Waals surface area contributed by atoms with E-state index in [0.29, 0.717) is 5.69 Å². The summed E-state index contributed by atoms with van der Waals surface area (Å²) in [7, 11) is 0. The molecule has 0 bridgehead atoms. The predicted molar refractivity (Wildman–Crippen MR) is 70.9 cm³/mol. The van der Waals surface area contributed by atoms with Gasteiger partial charge in [0.1, 0.15) is 13.1 Å². The second-order valence-corrected chi connectivity index (χ2v) is 5.06. The van der Waals surface area contributed by atoms with E-state index in [1.807, 2.05) is 5.38 Å². The average Bonchev–Trinajstić information content (AvgIpc) is 2.92. The highest BCUT2D eigenvalue weighted by atomic mass is 32.1. The monoisotopic (exact) mass is 317 g/mol. The third-order valence-electron chi connectivity index (χ3n) is 2.45. The van der Waals surface area contributed by atoms with Crippen molar-refractivity contribution >= 4 is 17.2 Å². The molecule has 0 atom stereocenters. The number of hydrogen-bond donors (Lipinski definition) is 1. The second-order valence-electron chi connectivity index (χ2n) is 4.11. The Balaban J connectivity index is 2.05. The Kier molecular flexibility index (Phi) is 4.41. The van der Waals surface area contributed by atoms with Gasteiger partial charge in [0, 0.05) is 6.07 Å². The van der Waals surface area contributed by atoms with Crippen LogP contribution in [-0.4, -0.2) is 28.2 Å². The van der Waals surface area contributed by atoms with Crippen LogP contribution >= 0.6 is 11.3 Å². The summed E-state index contributed by atoms with van der Waals surface area (Å²) in [5.41, 5.74) is -0.0440. The van der Waals surface area contributed by atoms with Gasteiger partial charge in [-0.05, 0) is 11.4 Å². The quantitative estimate of drug-likeness (QED) is 0.932. The molecule has 0 aliphatic carbocycles. The first kappa shape index (κ1) is 15.2. The van der Waals surface area contributed by atoms with Crippen LogP contribution in [0, 0.1) is 0 Å². The van der Waals surface area contributed by atoms with Crippen molar-refractivity contribution < 1.29 is 18.0 Å². The number of nitrogens with one attached hydrogen (secondary N) is 1. The van der Waals surface area contributed by atoms with Crippen molar-refractivity contribution in [2.24, 2.45) is 0 Å². The van der Waals surface area contributed by atoms with Gasteiger partial charge < -0.3 is 5.32 Å². The summed E-state index contributed by atoms with van der Waals surface area (Å²) in [5, 5.41) is 3.52. The molecule has 0 fully saturated rings. The molecular formula is C12H10F3N3O2S. The van der Waals surface area contributed by atoms with Crippen molar-refractivity contribution in [1.82, 2.24) is 14.9 Å². The first-order chi connectivity index (χ1) is 9.85. The Morgan fingerprint density at radius 1 is 1.43 bits per heavy atom. The van der Waals surface area contributed by atoms with Crippen LogP contribution in [0.1, 0.15) is 0 Å². The molecule has 112 valence electrons. The fraction of sp³-hybridized carbons (Fsp3) is 0.250. The van der Waals surface area contributed by atoms with Gasteiger partial charge in [-0.1, -0.05) is 6.07 Å². The van der Waals surface area contributed by atoms with E-state index in [4.69, 9.17) is 0 Å². The Bertz CT molecular complexity index is 680. The fourth-order valence-electron chi connectivity index (χ4n) is 1.51. The van der Waals surface area contributed by atoms with E-state index >= 15 is 0 Å². The summed E-state index contributed by atoms with van der Waals surface area (Å²) in [6.07, 6.45) is -3.34. The molecule has 2 aromatic rings. The molecule has 0 saturated heterocycles. The third-order valence-corrected chi connectivity index (χ3v) is 3.35. The summed E-state index contributed by atoms with van der Waals surface area (Å²) in [6, 6.07) is 4.83. The Morgan fingerprint density at radius 3 is 2.76 bits per heavy atom. The molecule has 9 heteroatoms. The molecule has 0 radical (unpaired) electrons. The summed E-state index contributed by atoms with van der Waals surface area (Å²) in [5.74, 6) is -0.903. The van der Waals surface area contributed by atoms with Crippen molar-refractivity contribution in [2.45, 2.75) is 12.7 Å². The van der Waals surface area contributed by atoms with E-state index < -0.39 is 30.7 Å². The molecule has 1 amide bonds. The van der Waals surface area contributed by atoms with Gasteiger partial charge in [-0.25, -0.2) is 4.98 Å². The topological polar surface area (TPSA) is 64.0 Å². The van der Waals surface area contributed by atoms with Crippen molar-refractivity contribution in [3.63, 3.8) is 0 Å². The first-order valence-corrected chi connectivity index (χ1v) is 6.67. The zero-order valence-corrected chi connectivity index (χ0v) is 11.4. The highest BCUT2D eigenvalue weighted by Gasteiger charge is 2.27. The number of aromatic nitrogens is 2. The third kappa shape index (κ3) is 4.42. The fourth-order valence-corrected chi connectivity index (χ4v) is 2.21. The maximum Gasteiger partial charge on any atom is 0.405 e. The highest BCUT2D eigenvalue weighted by Crippen LogP contribution is 2.20. The number of thiophene rings is 1. The van der Waals surface area contributed by atoms with Crippen molar-refractivity contribution in [1.29, 1.82) is 0 Å². The van der Waals surface area contributed by atoms with Gasteiger partial charge in [0.05, 0.1) is 16.9 Å². The van der Waals surface area contributed by atoms with Crippen LogP contribution in [0.4, 0.5) is 13.2 Å².